The van der Waals surface area contributed by atoms with Gasteiger partial charge in [-0.25, -0.2) is 0 Å². The van der Waals surface area contributed by atoms with Crippen molar-refractivity contribution in [2.75, 3.05) is 0 Å². The summed E-state index contributed by atoms with van der Waals surface area (Å²) < 4.78 is 0. The molecule has 0 amide bonds. The minimum Gasteiger partial charge on any atom is -0.498 e. The monoisotopic (exact) mass is 250 g/mol. The second kappa shape index (κ2) is 6.09. The van der Waals surface area contributed by atoms with Gasteiger partial charge in [-0.3, -0.25) is 0 Å². The van der Waals surface area contributed by atoms with Crippen molar-refractivity contribution >= 4 is 0 Å². The zero-order valence-electron chi connectivity index (χ0n) is 10.0. The molecule has 0 saturated carbocycles. The average molecular weight is 250 g/mol. The third-order valence-electron chi connectivity index (χ3n) is 2.75. The molecule has 0 spiro atoms. The van der Waals surface area contributed by atoms with Crippen molar-refractivity contribution in [3.63, 3.8) is 0 Å². The molecular formula is C15H10N2O2. The highest BCUT2D eigenvalue weighted by Crippen LogP contribution is 2.17. The van der Waals surface area contributed by atoms with Crippen molar-refractivity contribution in [2.24, 2.45) is 0 Å². The van der Waals surface area contributed by atoms with E-state index in [0.717, 1.165) is 11.1 Å². The molecule has 92 valence electrons. The zero-order valence-corrected chi connectivity index (χ0v) is 10.0. The Labute approximate surface area is 110 Å². The van der Waals surface area contributed by atoms with Gasteiger partial charge in [0.2, 0.25) is 0 Å². The smallest absolute Gasteiger partial charge is 0.336 e. The van der Waals surface area contributed by atoms with E-state index in [1.165, 1.54) is 0 Å². The standard InChI is InChI=1S/C15H10N2O2/c18-16-10-14-7-3-1-5-12(14)9-13-6-2-4-8-15(13)11-17-19/h1-8H,9H2. The Hall–Kier alpha value is -2.98. The molecule has 0 aromatic heterocycles. The molecule has 2 rings (SSSR count). The fourth-order valence-electron chi connectivity index (χ4n) is 1.87. The largest absolute Gasteiger partial charge is 0.498 e. The topological polar surface area (TPSA) is 54.8 Å². The van der Waals surface area contributed by atoms with Crippen molar-refractivity contribution in [3.8, 4) is 12.1 Å². The number of hydrogen-bond acceptors (Lipinski definition) is 2. The van der Waals surface area contributed by atoms with E-state index in [-0.39, 0.29) is 0 Å². The molecule has 0 atom stereocenters. The van der Waals surface area contributed by atoms with E-state index >= 15 is 0 Å². The summed E-state index contributed by atoms with van der Waals surface area (Å²) in [4.78, 5) is 0. The third-order valence-corrected chi connectivity index (χ3v) is 2.75. The fraction of sp³-hybridized carbons (Fsp3) is 0.0667. The highest BCUT2D eigenvalue weighted by atomic mass is 16.4. The maximum Gasteiger partial charge on any atom is 0.336 e. The maximum absolute atomic E-state index is 10.3. The van der Waals surface area contributed by atoms with E-state index in [9.17, 15) is 10.4 Å². The predicted octanol–water partition coefficient (Wildman–Crippen LogP) is 3.64. The van der Waals surface area contributed by atoms with Gasteiger partial charge in [-0.2, -0.15) is 0 Å². The molecule has 4 heteroatoms. The Balaban J connectivity index is 2.40. The van der Waals surface area contributed by atoms with E-state index in [1.807, 2.05) is 36.4 Å². The fourth-order valence-corrected chi connectivity index (χ4v) is 1.87. The third kappa shape index (κ3) is 3.02. The SMILES string of the molecule is [O-][N+]#Cc1ccccc1Cc1ccccc1C#[N+][O-]. The summed E-state index contributed by atoms with van der Waals surface area (Å²) in [5.74, 6) is 0. The second-order valence-electron chi connectivity index (χ2n) is 3.90. The molecule has 0 saturated heterocycles. The first-order valence-electron chi connectivity index (χ1n) is 5.67. The zero-order chi connectivity index (χ0) is 13.5. The summed E-state index contributed by atoms with van der Waals surface area (Å²) in [5.41, 5.74) is 3.10. The Morgan fingerprint density at radius 3 is 1.58 bits per heavy atom. The lowest BCUT2D eigenvalue weighted by Crippen LogP contribution is -1.95. The van der Waals surface area contributed by atoms with Gasteiger partial charge in [0, 0.05) is 16.4 Å². The predicted molar refractivity (Wildman–Crippen MR) is 75.1 cm³/mol. The summed E-state index contributed by atoms with van der Waals surface area (Å²) in [6, 6.07) is 19.5. The summed E-state index contributed by atoms with van der Waals surface area (Å²) in [6.07, 6.45) is 0.553. The van der Waals surface area contributed by atoms with Crippen LogP contribution in [-0.4, -0.2) is 0 Å². The second-order valence-corrected chi connectivity index (χ2v) is 3.90. The Morgan fingerprint density at radius 1 is 0.737 bits per heavy atom. The van der Waals surface area contributed by atoms with Crippen LogP contribution in [0.3, 0.4) is 0 Å². The molecule has 0 heterocycles. The molecule has 4 nitrogen and oxygen atoms in total. The first-order valence-corrected chi connectivity index (χ1v) is 5.67. The van der Waals surface area contributed by atoms with Crippen molar-refractivity contribution in [2.45, 2.75) is 6.42 Å². The van der Waals surface area contributed by atoms with Crippen LogP contribution in [-0.2, 0) is 6.42 Å². The van der Waals surface area contributed by atoms with Gasteiger partial charge in [0.15, 0.2) is 0 Å². The number of rotatable bonds is 2. The lowest BCUT2D eigenvalue weighted by molar-refractivity contribution is 1.17. The van der Waals surface area contributed by atoms with Crippen LogP contribution in [0, 0.1) is 22.6 Å². The van der Waals surface area contributed by atoms with Gasteiger partial charge in [-0.05, 0) is 23.3 Å². The van der Waals surface area contributed by atoms with Gasteiger partial charge < -0.3 is 10.4 Å². The van der Waals surface area contributed by atoms with Gasteiger partial charge in [-0.1, -0.05) is 36.4 Å². The van der Waals surface area contributed by atoms with Gasteiger partial charge in [0.05, 0.1) is 0 Å². The van der Waals surface area contributed by atoms with Crippen LogP contribution < -0.4 is 0 Å². The molecule has 0 bridgehead atoms. The van der Waals surface area contributed by atoms with Crippen LogP contribution in [0.4, 0.5) is 0 Å². The van der Waals surface area contributed by atoms with Crippen LogP contribution >= 0.6 is 0 Å². The first kappa shape index (κ1) is 12.5. The van der Waals surface area contributed by atoms with Crippen LogP contribution in [0.1, 0.15) is 22.3 Å². The van der Waals surface area contributed by atoms with E-state index in [4.69, 9.17) is 0 Å². The Morgan fingerprint density at radius 2 is 1.16 bits per heavy atom. The van der Waals surface area contributed by atoms with E-state index in [0.29, 0.717) is 17.5 Å². The molecule has 2 aromatic carbocycles. The highest BCUT2D eigenvalue weighted by Gasteiger charge is 2.09. The van der Waals surface area contributed by atoms with E-state index < -0.39 is 0 Å². The number of benzene rings is 2. The van der Waals surface area contributed by atoms with Crippen molar-refractivity contribution in [1.29, 1.82) is 0 Å². The normalized spacial score (nSPS) is 8.84. The average Bonchev–Trinajstić information content (AvgIpc) is 2.44. The molecule has 0 aliphatic rings. The minimum absolute atomic E-state index is 0.553. The molecular weight excluding hydrogens is 240 g/mol. The van der Waals surface area contributed by atoms with Crippen molar-refractivity contribution < 1.29 is 0 Å². The number of nitrogens with zero attached hydrogens (tertiary/aromatic N) is 2. The Bertz CT molecular complexity index is 642. The quantitative estimate of drug-likeness (QED) is 0.764. The highest BCUT2D eigenvalue weighted by molar-refractivity contribution is 5.46. The van der Waals surface area contributed by atoms with Crippen LogP contribution in [0.25, 0.3) is 10.0 Å². The van der Waals surface area contributed by atoms with Gasteiger partial charge in [0.25, 0.3) is 0 Å². The number of hydrogen-bond donors (Lipinski definition) is 0. The lowest BCUT2D eigenvalue weighted by atomic mass is 9.97. The van der Waals surface area contributed by atoms with Crippen LogP contribution in [0.2, 0.25) is 0 Å². The maximum atomic E-state index is 10.3. The van der Waals surface area contributed by atoms with Gasteiger partial charge in [0.1, 0.15) is 11.1 Å². The van der Waals surface area contributed by atoms with Crippen LogP contribution in [0.5, 0.6) is 0 Å². The lowest BCUT2D eigenvalue weighted by Gasteiger charge is -2.03. The molecule has 0 aliphatic carbocycles. The minimum atomic E-state index is 0.553. The molecule has 2 aromatic rings. The molecule has 0 unspecified atom stereocenters. The Kier molecular flexibility index (Phi) is 4.00. The van der Waals surface area contributed by atoms with Gasteiger partial charge in [-0.15, -0.1) is 0 Å². The molecule has 0 radical (unpaired) electrons. The van der Waals surface area contributed by atoms with Crippen LogP contribution in [0.15, 0.2) is 48.5 Å². The van der Waals surface area contributed by atoms with E-state index in [2.05, 4.69) is 22.2 Å². The summed E-state index contributed by atoms with van der Waals surface area (Å²) >= 11 is 0. The van der Waals surface area contributed by atoms with E-state index in [1.54, 1.807) is 12.1 Å². The summed E-state index contributed by atoms with van der Waals surface area (Å²) in [6.45, 7) is 0. The summed E-state index contributed by atoms with van der Waals surface area (Å²) in [5, 5.41) is 26.0. The molecule has 19 heavy (non-hydrogen) atoms. The van der Waals surface area contributed by atoms with Crippen molar-refractivity contribution in [3.05, 3.63) is 91.2 Å². The van der Waals surface area contributed by atoms with Gasteiger partial charge >= 0.3 is 12.1 Å². The first-order chi connectivity index (χ1) is 9.35. The van der Waals surface area contributed by atoms with Crippen molar-refractivity contribution in [1.82, 2.24) is 0 Å². The summed E-state index contributed by atoms with van der Waals surface area (Å²) in [7, 11) is 0. The molecule has 0 aliphatic heterocycles. The molecule has 0 fully saturated rings. The molecule has 0 N–H and O–H groups in total.